The highest BCUT2D eigenvalue weighted by atomic mass is 16.6. The Bertz CT molecular complexity index is 931. The van der Waals surface area contributed by atoms with Crippen molar-refractivity contribution >= 4 is 22.6 Å². The summed E-state index contributed by atoms with van der Waals surface area (Å²) in [5.74, 6) is 0.119. The number of rotatable bonds is 5. The second-order valence-corrected chi connectivity index (χ2v) is 5.93. The number of ketones is 1. The van der Waals surface area contributed by atoms with E-state index in [2.05, 4.69) is 0 Å². The summed E-state index contributed by atoms with van der Waals surface area (Å²) in [6.07, 6.45) is -0.451. The summed E-state index contributed by atoms with van der Waals surface area (Å²) in [5.41, 5.74) is 0.943. The van der Waals surface area contributed by atoms with Crippen LogP contribution in [0.1, 0.15) is 29.8 Å². The zero-order valence-corrected chi connectivity index (χ0v) is 14.9. The summed E-state index contributed by atoms with van der Waals surface area (Å²) in [4.78, 5) is 27.0. The van der Waals surface area contributed by atoms with Gasteiger partial charge in [0.2, 0.25) is 0 Å². The summed E-state index contributed by atoms with van der Waals surface area (Å²) in [6, 6.07) is 20.2. The number of amides is 1. The van der Waals surface area contributed by atoms with Crippen LogP contribution in [0.3, 0.4) is 0 Å². The molecule has 132 valence electrons. The fourth-order valence-corrected chi connectivity index (χ4v) is 2.87. The Morgan fingerprint density at radius 1 is 0.846 bits per heavy atom. The van der Waals surface area contributed by atoms with E-state index < -0.39 is 6.09 Å². The Kier molecular flexibility index (Phi) is 5.32. The molecule has 0 aromatic heterocycles. The van der Waals surface area contributed by atoms with Crippen molar-refractivity contribution < 1.29 is 14.3 Å². The molecule has 0 aliphatic rings. The standard InChI is InChI=1S/C22H21NO3/c1-3-23(4-2)22(25)26-20-15-18-13-9-8-12-17(18)14-19(20)21(24)16-10-6-5-7-11-16/h5-15H,3-4H2,1-2H3. The number of carbonyl (C=O) groups is 2. The predicted molar refractivity (Wildman–Crippen MR) is 103 cm³/mol. The lowest BCUT2D eigenvalue weighted by atomic mass is 9.99. The van der Waals surface area contributed by atoms with Crippen LogP contribution < -0.4 is 4.74 Å². The second-order valence-electron chi connectivity index (χ2n) is 5.93. The van der Waals surface area contributed by atoms with Crippen LogP contribution in [-0.4, -0.2) is 29.9 Å². The summed E-state index contributed by atoms with van der Waals surface area (Å²) < 4.78 is 5.61. The number of hydrogen-bond donors (Lipinski definition) is 0. The van der Waals surface area contributed by atoms with Gasteiger partial charge >= 0.3 is 6.09 Å². The van der Waals surface area contributed by atoms with Gasteiger partial charge in [-0.2, -0.15) is 0 Å². The number of nitrogens with zero attached hydrogens (tertiary/aromatic N) is 1. The zero-order valence-electron chi connectivity index (χ0n) is 14.9. The Labute approximate surface area is 153 Å². The molecule has 3 aromatic carbocycles. The average molecular weight is 347 g/mol. The minimum atomic E-state index is -0.451. The fraction of sp³-hybridized carbons (Fsp3) is 0.182. The van der Waals surface area contributed by atoms with Gasteiger partial charge in [0.15, 0.2) is 5.78 Å². The molecule has 0 spiro atoms. The lowest BCUT2D eigenvalue weighted by molar-refractivity contribution is 0.103. The first-order valence-corrected chi connectivity index (χ1v) is 8.73. The molecular weight excluding hydrogens is 326 g/mol. The topological polar surface area (TPSA) is 46.6 Å². The highest BCUT2D eigenvalue weighted by Gasteiger charge is 2.20. The molecule has 0 atom stereocenters. The third kappa shape index (κ3) is 3.59. The van der Waals surface area contributed by atoms with Crippen molar-refractivity contribution in [2.45, 2.75) is 13.8 Å². The second kappa shape index (κ2) is 7.83. The van der Waals surface area contributed by atoms with Crippen LogP contribution in [0.2, 0.25) is 0 Å². The van der Waals surface area contributed by atoms with Crippen molar-refractivity contribution in [3.63, 3.8) is 0 Å². The molecule has 0 saturated heterocycles. The van der Waals surface area contributed by atoms with Gasteiger partial charge in [-0.3, -0.25) is 4.79 Å². The molecule has 0 bridgehead atoms. The van der Waals surface area contributed by atoms with Crippen LogP contribution in [-0.2, 0) is 0 Å². The summed E-state index contributed by atoms with van der Waals surface area (Å²) in [7, 11) is 0. The van der Waals surface area contributed by atoms with Gasteiger partial charge in [-0.1, -0.05) is 54.6 Å². The third-order valence-corrected chi connectivity index (χ3v) is 4.35. The number of carbonyl (C=O) groups excluding carboxylic acids is 2. The van der Waals surface area contributed by atoms with Gasteiger partial charge in [-0.25, -0.2) is 4.79 Å². The van der Waals surface area contributed by atoms with Crippen molar-refractivity contribution in [1.29, 1.82) is 0 Å². The number of ether oxygens (including phenoxy) is 1. The molecule has 0 aliphatic carbocycles. The third-order valence-electron chi connectivity index (χ3n) is 4.35. The molecule has 0 unspecified atom stereocenters. The number of benzene rings is 3. The van der Waals surface area contributed by atoms with E-state index in [1.54, 1.807) is 29.2 Å². The SMILES string of the molecule is CCN(CC)C(=O)Oc1cc2ccccc2cc1C(=O)c1ccccc1. The summed E-state index contributed by atoms with van der Waals surface area (Å²) in [5, 5.41) is 1.84. The van der Waals surface area contributed by atoms with Crippen LogP contribution in [0.25, 0.3) is 10.8 Å². The fourth-order valence-electron chi connectivity index (χ4n) is 2.87. The maximum absolute atomic E-state index is 13.0. The normalized spacial score (nSPS) is 10.5. The lowest BCUT2D eigenvalue weighted by Gasteiger charge is -2.19. The van der Waals surface area contributed by atoms with E-state index in [0.29, 0.717) is 24.2 Å². The van der Waals surface area contributed by atoms with Crippen LogP contribution in [0.5, 0.6) is 5.75 Å². The molecule has 0 aliphatic heterocycles. The largest absolute Gasteiger partial charge is 0.415 e. The van der Waals surface area contributed by atoms with E-state index in [1.807, 2.05) is 56.3 Å². The molecule has 3 rings (SSSR count). The molecule has 4 heteroatoms. The van der Waals surface area contributed by atoms with Crippen LogP contribution in [0, 0.1) is 0 Å². The van der Waals surface area contributed by atoms with Crippen LogP contribution in [0.4, 0.5) is 4.79 Å². The van der Waals surface area contributed by atoms with E-state index in [0.717, 1.165) is 10.8 Å². The highest BCUT2D eigenvalue weighted by Crippen LogP contribution is 2.28. The maximum Gasteiger partial charge on any atom is 0.415 e. The molecule has 0 N–H and O–H groups in total. The Hall–Kier alpha value is -3.14. The molecule has 3 aromatic rings. The van der Waals surface area contributed by atoms with Gasteiger partial charge in [0.05, 0.1) is 5.56 Å². The predicted octanol–water partition coefficient (Wildman–Crippen LogP) is 4.91. The monoisotopic (exact) mass is 347 g/mol. The van der Waals surface area contributed by atoms with E-state index in [1.165, 1.54) is 0 Å². The van der Waals surface area contributed by atoms with Gasteiger partial charge in [-0.15, -0.1) is 0 Å². The first-order chi connectivity index (χ1) is 12.6. The maximum atomic E-state index is 13.0. The Balaban J connectivity index is 2.07. The first-order valence-electron chi connectivity index (χ1n) is 8.73. The van der Waals surface area contributed by atoms with Crippen molar-refractivity contribution in [3.8, 4) is 5.75 Å². The van der Waals surface area contributed by atoms with E-state index in [4.69, 9.17) is 4.74 Å². The molecule has 0 fully saturated rings. The van der Waals surface area contributed by atoms with E-state index in [9.17, 15) is 9.59 Å². The minimum absolute atomic E-state index is 0.168. The smallest absolute Gasteiger partial charge is 0.409 e. The molecule has 1 amide bonds. The minimum Gasteiger partial charge on any atom is -0.409 e. The average Bonchev–Trinajstić information content (AvgIpc) is 2.68. The van der Waals surface area contributed by atoms with Gasteiger partial charge in [0.25, 0.3) is 0 Å². The van der Waals surface area contributed by atoms with Crippen molar-refractivity contribution in [1.82, 2.24) is 4.90 Å². The van der Waals surface area contributed by atoms with Gasteiger partial charge in [-0.05, 0) is 36.8 Å². The van der Waals surface area contributed by atoms with Crippen molar-refractivity contribution in [2.75, 3.05) is 13.1 Å². The molecule has 26 heavy (non-hydrogen) atoms. The zero-order chi connectivity index (χ0) is 18.5. The molecule has 0 radical (unpaired) electrons. The summed E-state index contributed by atoms with van der Waals surface area (Å²) >= 11 is 0. The molecule has 0 heterocycles. The van der Waals surface area contributed by atoms with Gasteiger partial charge in [0.1, 0.15) is 5.75 Å². The van der Waals surface area contributed by atoms with E-state index in [-0.39, 0.29) is 11.5 Å². The van der Waals surface area contributed by atoms with Crippen LogP contribution in [0.15, 0.2) is 66.7 Å². The lowest BCUT2D eigenvalue weighted by Crippen LogP contribution is -2.33. The Morgan fingerprint density at radius 2 is 1.42 bits per heavy atom. The first kappa shape index (κ1) is 17.7. The van der Waals surface area contributed by atoms with Crippen molar-refractivity contribution in [3.05, 3.63) is 77.9 Å². The molecule has 4 nitrogen and oxygen atoms in total. The summed E-state index contributed by atoms with van der Waals surface area (Å²) in [6.45, 7) is 4.87. The van der Waals surface area contributed by atoms with E-state index >= 15 is 0 Å². The number of hydrogen-bond acceptors (Lipinski definition) is 3. The number of fused-ring (bicyclic) bond motifs is 1. The van der Waals surface area contributed by atoms with Crippen molar-refractivity contribution in [2.24, 2.45) is 0 Å². The molecular formula is C22H21NO3. The Morgan fingerprint density at radius 3 is 2.04 bits per heavy atom. The van der Waals surface area contributed by atoms with Gasteiger partial charge in [0, 0.05) is 18.7 Å². The van der Waals surface area contributed by atoms with Crippen LogP contribution >= 0.6 is 0 Å². The van der Waals surface area contributed by atoms with Gasteiger partial charge < -0.3 is 9.64 Å². The quantitative estimate of drug-likeness (QED) is 0.616. The highest BCUT2D eigenvalue weighted by molar-refractivity contribution is 6.13. The molecule has 0 saturated carbocycles.